The molecule has 4 heteroatoms. The van der Waals surface area contributed by atoms with E-state index >= 15 is 0 Å². The van der Waals surface area contributed by atoms with E-state index in [-0.39, 0.29) is 5.92 Å². The van der Waals surface area contributed by atoms with Gasteiger partial charge in [-0.1, -0.05) is 13.0 Å². The minimum absolute atomic E-state index is 0.274. The van der Waals surface area contributed by atoms with Crippen molar-refractivity contribution in [2.24, 2.45) is 5.73 Å². The molecule has 0 aliphatic carbocycles. The van der Waals surface area contributed by atoms with Crippen LogP contribution in [0.5, 0.6) is 0 Å². The molecule has 0 radical (unpaired) electrons. The molecule has 4 nitrogen and oxygen atoms in total. The SMILES string of the molecule is Cc1cnc(-c2nc(C)c(C(C)CN)c(C)n2)c(C)c1. The van der Waals surface area contributed by atoms with Crippen molar-refractivity contribution in [1.82, 2.24) is 15.0 Å². The lowest BCUT2D eigenvalue weighted by Gasteiger charge is -2.16. The normalized spacial score (nSPS) is 12.5. The van der Waals surface area contributed by atoms with Gasteiger partial charge in [-0.05, 0) is 56.8 Å². The second kappa shape index (κ2) is 5.67. The van der Waals surface area contributed by atoms with E-state index in [1.807, 2.05) is 33.9 Å². The molecule has 0 saturated carbocycles. The lowest BCUT2D eigenvalue weighted by Crippen LogP contribution is -2.14. The summed E-state index contributed by atoms with van der Waals surface area (Å²) in [5.41, 5.74) is 12.0. The zero-order valence-electron chi connectivity index (χ0n) is 12.9. The van der Waals surface area contributed by atoms with Crippen molar-refractivity contribution in [3.05, 3.63) is 40.3 Å². The summed E-state index contributed by atoms with van der Waals surface area (Å²) in [7, 11) is 0. The van der Waals surface area contributed by atoms with E-state index < -0.39 is 0 Å². The van der Waals surface area contributed by atoms with Gasteiger partial charge < -0.3 is 5.73 Å². The van der Waals surface area contributed by atoms with Crippen LogP contribution < -0.4 is 5.73 Å². The number of hydrogen-bond donors (Lipinski definition) is 1. The zero-order chi connectivity index (χ0) is 14.9. The van der Waals surface area contributed by atoms with Crippen LogP contribution in [0.2, 0.25) is 0 Å². The molecule has 2 heterocycles. The molecule has 106 valence electrons. The van der Waals surface area contributed by atoms with Crippen LogP contribution in [0.25, 0.3) is 11.5 Å². The summed E-state index contributed by atoms with van der Waals surface area (Å²) in [6, 6.07) is 2.10. The number of nitrogens with two attached hydrogens (primary N) is 1. The smallest absolute Gasteiger partial charge is 0.178 e. The van der Waals surface area contributed by atoms with E-state index in [0.717, 1.165) is 33.8 Å². The van der Waals surface area contributed by atoms with Crippen LogP contribution in [0.3, 0.4) is 0 Å². The van der Waals surface area contributed by atoms with E-state index in [2.05, 4.69) is 27.9 Å². The summed E-state index contributed by atoms with van der Waals surface area (Å²) in [4.78, 5) is 13.7. The summed E-state index contributed by atoms with van der Waals surface area (Å²) in [5.74, 6) is 0.974. The second-order valence-corrected chi connectivity index (χ2v) is 5.45. The predicted molar refractivity (Wildman–Crippen MR) is 81.7 cm³/mol. The first-order valence-corrected chi connectivity index (χ1v) is 6.92. The van der Waals surface area contributed by atoms with Crippen LogP contribution in [0.15, 0.2) is 12.3 Å². The van der Waals surface area contributed by atoms with Crippen molar-refractivity contribution < 1.29 is 0 Å². The lowest BCUT2D eigenvalue weighted by atomic mass is 9.98. The standard InChI is InChI=1S/C16H22N4/c1-9-6-10(2)15(18-8-9)16-19-12(4)14(11(3)7-17)13(5)20-16/h6,8,11H,7,17H2,1-5H3. The van der Waals surface area contributed by atoms with Crippen molar-refractivity contribution >= 4 is 0 Å². The van der Waals surface area contributed by atoms with Gasteiger partial charge in [-0.25, -0.2) is 9.97 Å². The monoisotopic (exact) mass is 270 g/mol. The Bertz CT molecular complexity index is 611. The Labute approximate surface area is 120 Å². The molecule has 0 bridgehead atoms. The highest BCUT2D eigenvalue weighted by Crippen LogP contribution is 2.24. The number of aryl methyl sites for hydroxylation is 4. The molecule has 2 aromatic heterocycles. The van der Waals surface area contributed by atoms with Crippen molar-refractivity contribution in [1.29, 1.82) is 0 Å². The topological polar surface area (TPSA) is 64.7 Å². The van der Waals surface area contributed by atoms with Gasteiger partial charge in [0.2, 0.25) is 0 Å². The molecule has 0 saturated heterocycles. The van der Waals surface area contributed by atoms with Crippen LogP contribution >= 0.6 is 0 Å². The maximum absolute atomic E-state index is 5.76. The van der Waals surface area contributed by atoms with Crippen LogP contribution in [-0.2, 0) is 0 Å². The van der Waals surface area contributed by atoms with Crippen molar-refractivity contribution in [2.75, 3.05) is 6.54 Å². The summed E-state index contributed by atoms with van der Waals surface area (Å²) in [6.45, 7) is 10.8. The van der Waals surface area contributed by atoms with E-state index in [1.165, 1.54) is 0 Å². The molecule has 2 aromatic rings. The fourth-order valence-electron chi connectivity index (χ4n) is 2.61. The number of pyridine rings is 1. The van der Waals surface area contributed by atoms with Gasteiger partial charge in [-0.2, -0.15) is 0 Å². The van der Waals surface area contributed by atoms with Crippen LogP contribution in [0, 0.1) is 27.7 Å². The van der Waals surface area contributed by atoms with E-state index in [4.69, 9.17) is 5.73 Å². The number of nitrogens with zero attached hydrogens (tertiary/aromatic N) is 3. The minimum Gasteiger partial charge on any atom is -0.330 e. The highest BCUT2D eigenvalue weighted by atomic mass is 14.9. The third kappa shape index (κ3) is 2.70. The molecule has 0 aromatic carbocycles. The van der Waals surface area contributed by atoms with Gasteiger partial charge in [0.25, 0.3) is 0 Å². The fourth-order valence-corrected chi connectivity index (χ4v) is 2.61. The summed E-state index contributed by atoms with van der Waals surface area (Å²) < 4.78 is 0. The highest BCUT2D eigenvalue weighted by molar-refractivity contribution is 5.56. The Morgan fingerprint density at radius 1 is 1.10 bits per heavy atom. The van der Waals surface area contributed by atoms with Crippen LogP contribution in [0.1, 0.15) is 40.9 Å². The summed E-state index contributed by atoms with van der Waals surface area (Å²) in [5, 5.41) is 0. The number of rotatable bonds is 3. The van der Waals surface area contributed by atoms with Crippen LogP contribution in [0.4, 0.5) is 0 Å². The fraction of sp³-hybridized carbons (Fsp3) is 0.438. The van der Waals surface area contributed by atoms with E-state index in [0.29, 0.717) is 12.4 Å². The quantitative estimate of drug-likeness (QED) is 0.931. The second-order valence-electron chi connectivity index (χ2n) is 5.45. The molecule has 2 rings (SSSR count). The number of hydrogen-bond acceptors (Lipinski definition) is 4. The first kappa shape index (κ1) is 14.6. The molecule has 0 spiro atoms. The average molecular weight is 270 g/mol. The van der Waals surface area contributed by atoms with Gasteiger partial charge in [0.05, 0.1) is 0 Å². The van der Waals surface area contributed by atoms with Gasteiger partial charge in [-0.15, -0.1) is 0 Å². The Morgan fingerprint density at radius 3 is 2.20 bits per heavy atom. The van der Waals surface area contributed by atoms with E-state index in [9.17, 15) is 0 Å². The molecule has 2 N–H and O–H groups in total. The Morgan fingerprint density at radius 2 is 1.70 bits per heavy atom. The molecule has 0 fully saturated rings. The molecule has 1 atom stereocenters. The summed E-state index contributed by atoms with van der Waals surface area (Å²) >= 11 is 0. The maximum Gasteiger partial charge on any atom is 0.178 e. The molecular weight excluding hydrogens is 248 g/mol. The third-order valence-corrected chi connectivity index (χ3v) is 3.60. The average Bonchev–Trinajstić information content (AvgIpc) is 2.37. The highest BCUT2D eigenvalue weighted by Gasteiger charge is 2.16. The van der Waals surface area contributed by atoms with Gasteiger partial charge in [0.15, 0.2) is 5.82 Å². The van der Waals surface area contributed by atoms with Gasteiger partial charge >= 0.3 is 0 Å². The third-order valence-electron chi connectivity index (χ3n) is 3.60. The van der Waals surface area contributed by atoms with Gasteiger partial charge in [0, 0.05) is 17.6 Å². The Balaban J connectivity index is 2.55. The molecule has 0 aliphatic heterocycles. The van der Waals surface area contributed by atoms with Gasteiger partial charge in [0.1, 0.15) is 5.69 Å². The molecular formula is C16H22N4. The molecule has 0 aliphatic rings. The molecule has 0 amide bonds. The van der Waals surface area contributed by atoms with Crippen molar-refractivity contribution in [3.63, 3.8) is 0 Å². The molecule has 20 heavy (non-hydrogen) atoms. The predicted octanol–water partition coefficient (Wildman–Crippen LogP) is 2.83. The van der Waals surface area contributed by atoms with Gasteiger partial charge in [-0.3, -0.25) is 4.98 Å². The number of aromatic nitrogens is 3. The lowest BCUT2D eigenvalue weighted by molar-refractivity contribution is 0.743. The molecule has 1 unspecified atom stereocenters. The first-order chi connectivity index (χ1) is 9.43. The van der Waals surface area contributed by atoms with E-state index in [1.54, 1.807) is 0 Å². The van der Waals surface area contributed by atoms with Crippen molar-refractivity contribution in [2.45, 2.75) is 40.5 Å². The largest absolute Gasteiger partial charge is 0.330 e. The van der Waals surface area contributed by atoms with Crippen molar-refractivity contribution in [3.8, 4) is 11.5 Å². The Kier molecular flexibility index (Phi) is 4.14. The Hall–Kier alpha value is -1.81. The maximum atomic E-state index is 5.76. The summed E-state index contributed by atoms with van der Waals surface area (Å²) in [6.07, 6.45) is 1.85. The first-order valence-electron chi connectivity index (χ1n) is 6.92. The minimum atomic E-state index is 0.274. The zero-order valence-corrected chi connectivity index (χ0v) is 12.9. The van der Waals surface area contributed by atoms with Crippen LogP contribution in [-0.4, -0.2) is 21.5 Å².